The molecule has 1 aliphatic rings. The van der Waals surface area contributed by atoms with Gasteiger partial charge in [-0.05, 0) is 57.0 Å². The molecule has 1 aromatic rings. The van der Waals surface area contributed by atoms with Gasteiger partial charge in [-0.2, -0.15) is 0 Å². The molecule has 1 aliphatic heterocycles. The van der Waals surface area contributed by atoms with Gasteiger partial charge in [0.25, 0.3) is 0 Å². The van der Waals surface area contributed by atoms with E-state index in [1.807, 2.05) is 12.1 Å². The van der Waals surface area contributed by atoms with E-state index in [1.165, 1.54) is 38.0 Å². The Morgan fingerprint density at radius 3 is 2.79 bits per heavy atom. The highest BCUT2D eigenvalue weighted by Crippen LogP contribution is 2.13. The first-order valence-electron chi connectivity index (χ1n) is 7.40. The van der Waals surface area contributed by atoms with Gasteiger partial charge in [0.2, 0.25) is 0 Å². The third-order valence-corrected chi connectivity index (χ3v) is 4.18. The molecule has 2 nitrogen and oxygen atoms in total. The second-order valence-corrected chi connectivity index (χ2v) is 6.07. The summed E-state index contributed by atoms with van der Waals surface area (Å²) in [5.74, 6) is 0. The Kier molecular flexibility index (Phi) is 5.68. The van der Waals surface area contributed by atoms with E-state index in [-0.39, 0.29) is 0 Å². The van der Waals surface area contributed by atoms with Gasteiger partial charge in [-0.3, -0.25) is 0 Å². The SMILES string of the molecule is CCN1CCCC(NC(C)Cc2ccc(Cl)cc2)C1. The fourth-order valence-corrected chi connectivity index (χ4v) is 3.04. The highest BCUT2D eigenvalue weighted by atomic mass is 35.5. The summed E-state index contributed by atoms with van der Waals surface area (Å²) in [5.41, 5.74) is 1.35. The number of rotatable bonds is 5. The van der Waals surface area contributed by atoms with Crippen LogP contribution in [0.25, 0.3) is 0 Å². The molecule has 3 heteroatoms. The van der Waals surface area contributed by atoms with E-state index in [2.05, 4.69) is 36.2 Å². The second-order valence-electron chi connectivity index (χ2n) is 5.63. The molecular weight excluding hydrogens is 256 g/mol. The number of hydrogen-bond donors (Lipinski definition) is 1. The number of halogens is 1. The fourth-order valence-electron chi connectivity index (χ4n) is 2.91. The molecule has 0 aromatic heterocycles. The molecular formula is C16H25ClN2. The summed E-state index contributed by atoms with van der Waals surface area (Å²) in [4.78, 5) is 2.54. The van der Waals surface area contributed by atoms with Gasteiger partial charge in [0, 0.05) is 23.7 Å². The summed E-state index contributed by atoms with van der Waals surface area (Å²) >= 11 is 5.91. The molecule has 1 N–H and O–H groups in total. The van der Waals surface area contributed by atoms with Crippen molar-refractivity contribution in [2.24, 2.45) is 0 Å². The van der Waals surface area contributed by atoms with Gasteiger partial charge in [0.1, 0.15) is 0 Å². The Hall–Kier alpha value is -0.570. The molecule has 0 spiro atoms. The second kappa shape index (κ2) is 7.28. The molecule has 0 bridgehead atoms. The highest BCUT2D eigenvalue weighted by Gasteiger charge is 2.19. The van der Waals surface area contributed by atoms with Crippen molar-refractivity contribution in [2.75, 3.05) is 19.6 Å². The first-order chi connectivity index (χ1) is 9.17. The maximum absolute atomic E-state index is 5.91. The third-order valence-electron chi connectivity index (χ3n) is 3.93. The van der Waals surface area contributed by atoms with Gasteiger partial charge in [-0.1, -0.05) is 30.7 Å². The Labute approximate surface area is 122 Å². The van der Waals surface area contributed by atoms with E-state index in [0.29, 0.717) is 12.1 Å². The van der Waals surface area contributed by atoms with E-state index < -0.39 is 0 Å². The van der Waals surface area contributed by atoms with Gasteiger partial charge in [-0.25, -0.2) is 0 Å². The fraction of sp³-hybridized carbons (Fsp3) is 0.625. The molecule has 0 aliphatic carbocycles. The van der Waals surface area contributed by atoms with Crippen molar-refractivity contribution < 1.29 is 0 Å². The number of hydrogen-bond acceptors (Lipinski definition) is 2. The number of likely N-dealkylation sites (N-methyl/N-ethyl adjacent to an activating group) is 1. The summed E-state index contributed by atoms with van der Waals surface area (Å²) in [6.45, 7) is 8.16. The zero-order valence-corrected chi connectivity index (χ0v) is 12.8. The minimum Gasteiger partial charge on any atom is -0.310 e. The molecule has 1 saturated heterocycles. The normalized spacial score (nSPS) is 22.4. The van der Waals surface area contributed by atoms with Crippen molar-refractivity contribution in [3.8, 4) is 0 Å². The van der Waals surface area contributed by atoms with E-state index >= 15 is 0 Å². The molecule has 106 valence electrons. The first-order valence-corrected chi connectivity index (χ1v) is 7.78. The lowest BCUT2D eigenvalue weighted by Crippen LogP contribution is -2.48. The van der Waals surface area contributed by atoms with Gasteiger partial charge in [-0.15, -0.1) is 0 Å². The molecule has 0 amide bonds. The minimum atomic E-state index is 0.517. The number of nitrogens with one attached hydrogen (secondary N) is 1. The number of likely N-dealkylation sites (tertiary alicyclic amines) is 1. The van der Waals surface area contributed by atoms with E-state index in [4.69, 9.17) is 11.6 Å². The van der Waals surface area contributed by atoms with Crippen molar-refractivity contribution >= 4 is 11.6 Å². The smallest absolute Gasteiger partial charge is 0.0406 e. The highest BCUT2D eigenvalue weighted by molar-refractivity contribution is 6.30. The van der Waals surface area contributed by atoms with Gasteiger partial charge < -0.3 is 10.2 Å². The van der Waals surface area contributed by atoms with Crippen LogP contribution < -0.4 is 5.32 Å². The quantitative estimate of drug-likeness (QED) is 0.890. The lowest BCUT2D eigenvalue weighted by Gasteiger charge is -2.34. The molecule has 0 radical (unpaired) electrons. The zero-order chi connectivity index (χ0) is 13.7. The number of benzene rings is 1. The molecule has 0 saturated carbocycles. The van der Waals surface area contributed by atoms with Crippen LogP contribution in [-0.4, -0.2) is 36.6 Å². The van der Waals surface area contributed by atoms with Crippen LogP contribution in [-0.2, 0) is 6.42 Å². The third kappa shape index (κ3) is 4.79. The van der Waals surface area contributed by atoms with Crippen molar-refractivity contribution in [2.45, 2.75) is 45.2 Å². The largest absolute Gasteiger partial charge is 0.310 e. The van der Waals surface area contributed by atoms with Gasteiger partial charge >= 0.3 is 0 Å². The lowest BCUT2D eigenvalue weighted by molar-refractivity contribution is 0.192. The molecule has 2 rings (SSSR count). The van der Waals surface area contributed by atoms with E-state index in [9.17, 15) is 0 Å². The zero-order valence-electron chi connectivity index (χ0n) is 12.0. The maximum Gasteiger partial charge on any atom is 0.0406 e. The minimum absolute atomic E-state index is 0.517. The number of piperidine rings is 1. The molecule has 2 unspecified atom stereocenters. The van der Waals surface area contributed by atoms with E-state index in [1.54, 1.807) is 0 Å². The Balaban J connectivity index is 1.80. The van der Waals surface area contributed by atoms with Crippen LogP contribution in [0.3, 0.4) is 0 Å². The molecule has 1 fully saturated rings. The summed E-state index contributed by atoms with van der Waals surface area (Å²) < 4.78 is 0. The van der Waals surface area contributed by atoms with Crippen molar-refractivity contribution in [1.82, 2.24) is 10.2 Å². The van der Waals surface area contributed by atoms with Crippen LogP contribution in [0.15, 0.2) is 24.3 Å². The van der Waals surface area contributed by atoms with Gasteiger partial charge in [0.05, 0.1) is 0 Å². The molecule has 1 heterocycles. The summed E-state index contributed by atoms with van der Waals surface area (Å²) in [7, 11) is 0. The Morgan fingerprint density at radius 1 is 1.37 bits per heavy atom. The van der Waals surface area contributed by atoms with Crippen molar-refractivity contribution in [3.63, 3.8) is 0 Å². The predicted molar refractivity (Wildman–Crippen MR) is 82.9 cm³/mol. The van der Waals surface area contributed by atoms with E-state index in [0.717, 1.165) is 11.4 Å². The number of nitrogens with zero attached hydrogens (tertiary/aromatic N) is 1. The first kappa shape index (κ1) is 14.8. The summed E-state index contributed by atoms with van der Waals surface area (Å²) in [6.07, 6.45) is 3.69. The summed E-state index contributed by atoms with van der Waals surface area (Å²) in [6, 6.07) is 9.37. The van der Waals surface area contributed by atoms with Crippen LogP contribution in [0.2, 0.25) is 5.02 Å². The Morgan fingerprint density at radius 2 is 2.11 bits per heavy atom. The average molecular weight is 281 g/mol. The average Bonchev–Trinajstić information content (AvgIpc) is 2.41. The van der Waals surface area contributed by atoms with Crippen LogP contribution in [0, 0.1) is 0 Å². The molecule has 1 aromatic carbocycles. The predicted octanol–water partition coefficient (Wildman–Crippen LogP) is 3.34. The molecule has 2 atom stereocenters. The lowest BCUT2D eigenvalue weighted by atomic mass is 10.0. The van der Waals surface area contributed by atoms with Crippen LogP contribution in [0.5, 0.6) is 0 Å². The molecule has 19 heavy (non-hydrogen) atoms. The van der Waals surface area contributed by atoms with Crippen LogP contribution >= 0.6 is 11.6 Å². The van der Waals surface area contributed by atoms with Crippen molar-refractivity contribution in [1.29, 1.82) is 0 Å². The van der Waals surface area contributed by atoms with Gasteiger partial charge in [0.15, 0.2) is 0 Å². The standard InChI is InChI=1S/C16H25ClN2/c1-3-19-10-4-5-16(12-19)18-13(2)11-14-6-8-15(17)9-7-14/h6-9,13,16,18H,3-5,10-12H2,1-2H3. The topological polar surface area (TPSA) is 15.3 Å². The maximum atomic E-state index is 5.91. The van der Waals surface area contributed by atoms with Crippen LogP contribution in [0.4, 0.5) is 0 Å². The summed E-state index contributed by atoms with van der Waals surface area (Å²) in [5, 5.41) is 4.59. The van der Waals surface area contributed by atoms with Crippen molar-refractivity contribution in [3.05, 3.63) is 34.9 Å². The Bertz CT molecular complexity index is 377. The monoisotopic (exact) mass is 280 g/mol. The van der Waals surface area contributed by atoms with Crippen LogP contribution in [0.1, 0.15) is 32.3 Å².